The molecule has 0 saturated carbocycles. The van der Waals surface area contributed by atoms with E-state index in [1.807, 2.05) is 50.8 Å². The number of aromatic nitrogens is 4. The van der Waals surface area contributed by atoms with Crippen molar-refractivity contribution in [3.05, 3.63) is 47.4 Å². The molecule has 0 bridgehead atoms. The largest absolute Gasteiger partial charge is 0.444 e. The summed E-state index contributed by atoms with van der Waals surface area (Å²) in [6.07, 6.45) is 6.35. The highest BCUT2D eigenvalue weighted by molar-refractivity contribution is 6.02. The van der Waals surface area contributed by atoms with Crippen molar-refractivity contribution in [1.29, 1.82) is 0 Å². The second-order valence-corrected chi connectivity index (χ2v) is 11.1. The number of amides is 3. The van der Waals surface area contributed by atoms with Gasteiger partial charge in [-0.3, -0.25) is 24.3 Å². The average Bonchev–Trinajstić information content (AvgIpc) is 3.43. The van der Waals surface area contributed by atoms with Gasteiger partial charge >= 0.3 is 6.09 Å². The molecular formula is C27H34N6O4. The minimum Gasteiger partial charge on any atom is -0.444 e. The lowest BCUT2D eigenvalue weighted by molar-refractivity contribution is -0.134. The maximum Gasteiger partial charge on any atom is 0.410 e. The van der Waals surface area contributed by atoms with E-state index >= 15 is 0 Å². The first-order chi connectivity index (χ1) is 17.6. The fourth-order valence-corrected chi connectivity index (χ4v) is 5.23. The van der Waals surface area contributed by atoms with Crippen LogP contribution in [-0.2, 0) is 27.9 Å². The predicted octanol–water partition coefficient (Wildman–Crippen LogP) is 3.45. The molecule has 0 radical (unpaired) electrons. The number of fused-ring (bicyclic) bond motifs is 1. The summed E-state index contributed by atoms with van der Waals surface area (Å²) in [7, 11) is 1.87. The van der Waals surface area contributed by atoms with Crippen molar-refractivity contribution >= 4 is 28.8 Å². The number of piperidine rings is 2. The third-order valence-corrected chi connectivity index (χ3v) is 7.13. The highest BCUT2D eigenvalue weighted by Crippen LogP contribution is 2.31. The molecule has 0 aliphatic carbocycles. The lowest BCUT2D eigenvalue weighted by Gasteiger charge is -2.33. The Bertz CT molecular complexity index is 1340. The lowest BCUT2D eigenvalue weighted by atomic mass is 9.92. The number of likely N-dealkylation sites (tertiary alicyclic amines) is 1. The number of carbonyl (C=O) groups excluding carboxylic acids is 3. The normalized spacial score (nSPS) is 19.4. The van der Waals surface area contributed by atoms with E-state index in [1.54, 1.807) is 9.58 Å². The Balaban J connectivity index is 1.24. The van der Waals surface area contributed by atoms with Gasteiger partial charge in [-0.15, -0.1) is 0 Å². The number of benzene rings is 1. The van der Waals surface area contributed by atoms with E-state index < -0.39 is 11.5 Å². The minimum absolute atomic E-state index is 0.226. The molecule has 10 heteroatoms. The summed E-state index contributed by atoms with van der Waals surface area (Å²) in [5.74, 6) is -0.553. The van der Waals surface area contributed by atoms with Crippen LogP contribution in [0, 0.1) is 0 Å². The van der Waals surface area contributed by atoms with E-state index in [2.05, 4.69) is 27.8 Å². The second kappa shape index (κ2) is 9.64. The van der Waals surface area contributed by atoms with E-state index in [1.165, 1.54) is 5.56 Å². The number of rotatable bonds is 4. The monoisotopic (exact) mass is 506 g/mol. The van der Waals surface area contributed by atoms with E-state index in [0.29, 0.717) is 44.1 Å². The van der Waals surface area contributed by atoms with Crippen LogP contribution in [0.5, 0.6) is 0 Å². The van der Waals surface area contributed by atoms with Crippen molar-refractivity contribution in [1.82, 2.24) is 29.8 Å². The highest BCUT2D eigenvalue weighted by atomic mass is 16.6. The first kappa shape index (κ1) is 25.0. The molecule has 3 aromatic rings. The summed E-state index contributed by atoms with van der Waals surface area (Å²) in [5, 5.41) is 12.6. The zero-order valence-corrected chi connectivity index (χ0v) is 21.9. The molecule has 2 aliphatic heterocycles. The van der Waals surface area contributed by atoms with Gasteiger partial charge in [0.1, 0.15) is 5.60 Å². The van der Waals surface area contributed by atoms with Crippen LogP contribution in [0.4, 0.5) is 4.79 Å². The Labute approximate surface area is 215 Å². The number of hydrogen-bond donors (Lipinski definition) is 1. The van der Waals surface area contributed by atoms with Gasteiger partial charge < -0.3 is 9.64 Å². The van der Waals surface area contributed by atoms with Crippen LogP contribution in [0.3, 0.4) is 0 Å². The van der Waals surface area contributed by atoms with Gasteiger partial charge in [0, 0.05) is 38.1 Å². The van der Waals surface area contributed by atoms with Gasteiger partial charge in [-0.25, -0.2) is 4.79 Å². The van der Waals surface area contributed by atoms with Gasteiger partial charge in [0.05, 0.1) is 29.9 Å². The summed E-state index contributed by atoms with van der Waals surface area (Å²) >= 11 is 0. The number of hydrogen-bond acceptors (Lipinski definition) is 6. The van der Waals surface area contributed by atoms with E-state index in [-0.39, 0.29) is 17.9 Å². The molecule has 5 rings (SSSR count). The fourth-order valence-electron chi connectivity index (χ4n) is 5.23. The standard InChI is InChI=1S/C27H34N6O4/c1-27(2,3)37-26(36)32-11-9-18(10-12-32)19-14-28-33(16-19)15-17-5-6-20-22(13-17)31(4)30-24(20)21-7-8-23(34)29-25(21)35/h5-6,13-14,16,18,21H,7-12,15H2,1-4H3,(H,29,34,35). The predicted molar refractivity (Wildman–Crippen MR) is 137 cm³/mol. The molecule has 2 saturated heterocycles. The first-order valence-electron chi connectivity index (χ1n) is 12.9. The Hall–Kier alpha value is -3.69. The molecule has 4 heterocycles. The molecule has 196 valence electrons. The van der Waals surface area contributed by atoms with Crippen LogP contribution in [0.15, 0.2) is 30.6 Å². The van der Waals surface area contributed by atoms with Crippen LogP contribution < -0.4 is 5.32 Å². The van der Waals surface area contributed by atoms with Crippen molar-refractivity contribution in [2.75, 3.05) is 13.1 Å². The lowest BCUT2D eigenvalue weighted by Crippen LogP contribution is -2.41. The van der Waals surface area contributed by atoms with Gasteiger partial charge in [-0.2, -0.15) is 10.2 Å². The summed E-state index contributed by atoms with van der Waals surface area (Å²) in [6.45, 7) is 7.63. The van der Waals surface area contributed by atoms with Crippen LogP contribution in [-0.4, -0.2) is 61.1 Å². The van der Waals surface area contributed by atoms with Crippen LogP contribution >= 0.6 is 0 Å². The van der Waals surface area contributed by atoms with E-state index in [4.69, 9.17) is 4.74 Å². The molecule has 2 fully saturated rings. The second-order valence-electron chi connectivity index (χ2n) is 11.1. The molecule has 1 N–H and O–H groups in total. The Kier molecular flexibility index (Phi) is 6.51. The van der Waals surface area contributed by atoms with Gasteiger partial charge in [-0.05, 0) is 63.1 Å². The molecular weight excluding hydrogens is 472 g/mol. The zero-order chi connectivity index (χ0) is 26.3. The molecule has 1 unspecified atom stereocenters. The Morgan fingerprint density at radius 1 is 1.16 bits per heavy atom. The topological polar surface area (TPSA) is 111 Å². The first-order valence-corrected chi connectivity index (χ1v) is 12.9. The van der Waals surface area contributed by atoms with Crippen LogP contribution in [0.2, 0.25) is 0 Å². The molecule has 2 aromatic heterocycles. The number of nitrogens with one attached hydrogen (secondary N) is 1. The van der Waals surface area contributed by atoms with Crippen molar-refractivity contribution < 1.29 is 19.1 Å². The maximum atomic E-state index is 12.4. The fraction of sp³-hybridized carbons (Fsp3) is 0.519. The van der Waals surface area contributed by atoms with Crippen molar-refractivity contribution in [3.8, 4) is 0 Å². The summed E-state index contributed by atoms with van der Waals surface area (Å²) in [5.41, 5.74) is 3.44. The number of imide groups is 1. The molecule has 0 spiro atoms. The van der Waals surface area contributed by atoms with Gasteiger partial charge in [-0.1, -0.05) is 12.1 Å². The Morgan fingerprint density at radius 3 is 2.62 bits per heavy atom. The quantitative estimate of drug-likeness (QED) is 0.543. The van der Waals surface area contributed by atoms with E-state index in [9.17, 15) is 14.4 Å². The van der Waals surface area contributed by atoms with Crippen LogP contribution in [0.1, 0.15) is 75.1 Å². The van der Waals surface area contributed by atoms with Gasteiger partial charge in [0.25, 0.3) is 0 Å². The number of carbonyl (C=O) groups is 3. The molecule has 37 heavy (non-hydrogen) atoms. The number of ether oxygens (including phenoxy) is 1. The van der Waals surface area contributed by atoms with Gasteiger partial charge in [0.2, 0.25) is 11.8 Å². The number of nitrogens with zero attached hydrogens (tertiary/aromatic N) is 5. The number of aryl methyl sites for hydroxylation is 1. The molecule has 2 aliphatic rings. The average molecular weight is 507 g/mol. The summed E-state index contributed by atoms with van der Waals surface area (Å²) in [6, 6.07) is 6.13. The summed E-state index contributed by atoms with van der Waals surface area (Å²) < 4.78 is 9.24. The molecule has 1 atom stereocenters. The van der Waals surface area contributed by atoms with Crippen LogP contribution in [0.25, 0.3) is 10.9 Å². The maximum absolute atomic E-state index is 12.4. The molecule has 10 nitrogen and oxygen atoms in total. The smallest absolute Gasteiger partial charge is 0.410 e. The Morgan fingerprint density at radius 2 is 1.92 bits per heavy atom. The van der Waals surface area contributed by atoms with Crippen molar-refractivity contribution in [2.45, 2.75) is 70.4 Å². The summed E-state index contributed by atoms with van der Waals surface area (Å²) in [4.78, 5) is 38.1. The SMILES string of the molecule is Cn1nc(C2CCC(=O)NC2=O)c2ccc(Cn3cc(C4CCN(C(=O)OC(C)(C)C)CC4)cn3)cc21. The zero-order valence-electron chi connectivity index (χ0n) is 21.9. The highest BCUT2D eigenvalue weighted by Gasteiger charge is 2.32. The third kappa shape index (κ3) is 5.38. The van der Waals surface area contributed by atoms with Crippen molar-refractivity contribution in [2.24, 2.45) is 7.05 Å². The van der Waals surface area contributed by atoms with E-state index in [0.717, 1.165) is 29.3 Å². The third-order valence-electron chi connectivity index (χ3n) is 7.13. The van der Waals surface area contributed by atoms with Gasteiger partial charge in [0.15, 0.2) is 0 Å². The van der Waals surface area contributed by atoms with Crippen molar-refractivity contribution in [3.63, 3.8) is 0 Å². The molecule has 1 aromatic carbocycles. The molecule has 3 amide bonds. The minimum atomic E-state index is -0.486.